The Morgan fingerprint density at radius 3 is 1.35 bits per heavy atom. The first kappa shape index (κ1) is 37.0. The zero-order chi connectivity index (χ0) is 37.4. The molecule has 0 fully saturated rings. The predicted molar refractivity (Wildman–Crippen MR) is 191 cm³/mol. The van der Waals surface area contributed by atoms with E-state index in [-0.39, 0.29) is 50.9 Å². The monoisotopic (exact) mass is 684 g/mol. The highest BCUT2D eigenvalue weighted by Gasteiger charge is 2.18. The number of halogens is 1. The molecule has 0 aliphatic rings. The lowest BCUT2D eigenvalue weighted by molar-refractivity contribution is -0.132. The molecule has 0 heterocycles. The van der Waals surface area contributed by atoms with Crippen LogP contribution in [0.4, 0.5) is 4.39 Å². The van der Waals surface area contributed by atoms with Crippen molar-refractivity contribution >= 4 is 23.9 Å². The van der Waals surface area contributed by atoms with Gasteiger partial charge in [-0.15, -0.1) is 0 Å². The maximum Gasteiger partial charge on any atom is 0.338 e. The van der Waals surface area contributed by atoms with Crippen molar-refractivity contribution in [3.8, 4) is 57.1 Å². The molecule has 4 aromatic carbocycles. The highest BCUT2D eigenvalue weighted by Crippen LogP contribution is 2.36. The van der Waals surface area contributed by atoms with Crippen molar-refractivity contribution in [1.82, 2.24) is 0 Å². The molecule has 0 bridgehead atoms. The molecule has 0 N–H and O–H groups in total. The standard InChI is InChI=1S/C42H33FO8/c1-24(2)39(44)48-35-19-13-29(21-37(35)50-41(46)26(5)6)10-9-28-11-14-30(15-12-28)31-16-18-33(34(43)22-31)32-17-20-36(49-40(45)25(3)4)38(23-32)51-42(47)27(7)8/h11-23H,1,3,5,7H2,2,4,6,8H3. The lowest BCUT2D eigenvalue weighted by atomic mass is 9.98. The Morgan fingerprint density at radius 2 is 0.863 bits per heavy atom. The Morgan fingerprint density at radius 1 is 0.471 bits per heavy atom. The summed E-state index contributed by atoms with van der Waals surface area (Å²) in [6, 6.07) is 20.7. The summed E-state index contributed by atoms with van der Waals surface area (Å²) in [4.78, 5) is 48.7. The molecular weight excluding hydrogens is 651 g/mol. The third-order valence-corrected chi connectivity index (χ3v) is 6.94. The second-order valence-corrected chi connectivity index (χ2v) is 11.5. The van der Waals surface area contributed by atoms with Crippen LogP contribution in [0.25, 0.3) is 22.3 Å². The average Bonchev–Trinajstić information content (AvgIpc) is 3.08. The maximum absolute atomic E-state index is 15.5. The van der Waals surface area contributed by atoms with Gasteiger partial charge in [0, 0.05) is 45.0 Å². The second-order valence-electron chi connectivity index (χ2n) is 11.5. The summed E-state index contributed by atoms with van der Waals surface area (Å²) >= 11 is 0. The molecule has 0 saturated carbocycles. The Kier molecular flexibility index (Phi) is 11.7. The van der Waals surface area contributed by atoms with Crippen LogP contribution in [0, 0.1) is 17.7 Å². The van der Waals surface area contributed by atoms with Crippen LogP contribution in [0.2, 0.25) is 0 Å². The quantitative estimate of drug-likeness (QED) is 0.0709. The first-order valence-electron chi connectivity index (χ1n) is 15.3. The van der Waals surface area contributed by atoms with E-state index in [0.717, 1.165) is 5.56 Å². The minimum atomic E-state index is -0.739. The van der Waals surface area contributed by atoms with Gasteiger partial charge < -0.3 is 18.9 Å². The first-order valence-corrected chi connectivity index (χ1v) is 15.3. The van der Waals surface area contributed by atoms with E-state index < -0.39 is 29.7 Å². The second kappa shape index (κ2) is 16.1. The normalized spacial score (nSPS) is 10.1. The summed E-state index contributed by atoms with van der Waals surface area (Å²) in [6.07, 6.45) is 0. The number of carbonyl (C=O) groups is 4. The van der Waals surface area contributed by atoms with Gasteiger partial charge in [0.2, 0.25) is 0 Å². The van der Waals surface area contributed by atoms with Crippen molar-refractivity contribution in [1.29, 1.82) is 0 Å². The fourth-order valence-electron chi connectivity index (χ4n) is 4.16. The van der Waals surface area contributed by atoms with Gasteiger partial charge in [-0.25, -0.2) is 23.6 Å². The molecule has 8 nitrogen and oxygen atoms in total. The summed E-state index contributed by atoms with van der Waals surface area (Å²) in [5.41, 5.74) is 3.65. The van der Waals surface area contributed by atoms with Crippen LogP contribution in [0.15, 0.2) is 127 Å². The van der Waals surface area contributed by atoms with E-state index in [4.69, 9.17) is 18.9 Å². The van der Waals surface area contributed by atoms with Crippen LogP contribution in [0.1, 0.15) is 38.8 Å². The van der Waals surface area contributed by atoms with Gasteiger partial charge in [-0.2, -0.15) is 0 Å². The third kappa shape index (κ3) is 9.65. The molecule has 0 saturated heterocycles. The molecule has 0 spiro atoms. The van der Waals surface area contributed by atoms with Crippen LogP contribution in [0.5, 0.6) is 23.0 Å². The van der Waals surface area contributed by atoms with Gasteiger partial charge in [0.25, 0.3) is 0 Å². The summed E-state index contributed by atoms with van der Waals surface area (Å²) in [7, 11) is 0. The number of esters is 4. The van der Waals surface area contributed by atoms with Crippen LogP contribution >= 0.6 is 0 Å². The molecule has 0 aliphatic heterocycles. The number of hydrogen-bond acceptors (Lipinski definition) is 8. The van der Waals surface area contributed by atoms with Gasteiger partial charge in [0.05, 0.1) is 0 Å². The molecule has 4 aromatic rings. The molecule has 0 unspecified atom stereocenters. The largest absolute Gasteiger partial charge is 0.419 e. The van der Waals surface area contributed by atoms with Gasteiger partial charge in [0.15, 0.2) is 23.0 Å². The van der Waals surface area contributed by atoms with Crippen LogP contribution in [-0.4, -0.2) is 23.9 Å². The minimum Gasteiger partial charge on any atom is -0.419 e. The van der Waals surface area contributed by atoms with E-state index in [1.807, 2.05) is 0 Å². The Bertz CT molecular complexity index is 2200. The Hall–Kier alpha value is -6.79. The topological polar surface area (TPSA) is 105 Å². The van der Waals surface area contributed by atoms with E-state index >= 15 is 4.39 Å². The zero-order valence-electron chi connectivity index (χ0n) is 28.5. The minimum absolute atomic E-state index is 0.00326. The molecule has 256 valence electrons. The van der Waals surface area contributed by atoms with Gasteiger partial charge in [-0.05, 0) is 86.8 Å². The summed E-state index contributed by atoms with van der Waals surface area (Å²) in [5, 5.41) is 0. The number of carbonyl (C=O) groups excluding carboxylic acids is 4. The van der Waals surface area contributed by atoms with Crippen LogP contribution in [0.3, 0.4) is 0 Å². The van der Waals surface area contributed by atoms with Crippen molar-refractivity contribution in [2.45, 2.75) is 27.7 Å². The Balaban J connectivity index is 1.57. The number of benzene rings is 4. The SMILES string of the molecule is C=C(C)C(=O)Oc1ccc(C#Cc2ccc(-c3ccc(-c4ccc(OC(=O)C(=C)C)c(OC(=O)C(=C)C)c4)c(F)c3)cc2)cc1OC(=O)C(=C)C. The molecule has 0 atom stereocenters. The molecule has 4 rings (SSSR count). The lowest BCUT2D eigenvalue weighted by Crippen LogP contribution is -2.12. The third-order valence-electron chi connectivity index (χ3n) is 6.94. The smallest absolute Gasteiger partial charge is 0.338 e. The van der Waals surface area contributed by atoms with Crippen LogP contribution < -0.4 is 18.9 Å². The van der Waals surface area contributed by atoms with Crippen molar-refractivity contribution in [2.75, 3.05) is 0 Å². The van der Waals surface area contributed by atoms with E-state index in [2.05, 4.69) is 38.2 Å². The van der Waals surface area contributed by atoms with E-state index in [0.29, 0.717) is 22.3 Å². The van der Waals surface area contributed by atoms with Gasteiger partial charge >= 0.3 is 23.9 Å². The highest BCUT2D eigenvalue weighted by molar-refractivity contribution is 5.92. The van der Waals surface area contributed by atoms with Gasteiger partial charge in [-0.1, -0.05) is 68.5 Å². The van der Waals surface area contributed by atoms with E-state index in [1.165, 1.54) is 58.0 Å². The predicted octanol–water partition coefficient (Wildman–Crippen LogP) is 8.49. The molecule has 51 heavy (non-hydrogen) atoms. The molecule has 0 aromatic heterocycles. The Labute approximate surface area is 295 Å². The fourth-order valence-corrected chi connectivity index (χ4v) is 4.16. The van der Waals surface area contributed by atoms with E-state index in [9.17, 15) is 19.2 Å². The molecular formula is C42H33FO8. The molecule has 0 radical (unpaired) electrons. The van der Waals surface area contributed by atoms with Gasteiger partial charge in [0.1, 0.15) is 5.82 Å². The van der Waals surface area contributed by atoms with Gasteiger partial charge in [-0.3, -0.25) is 0 Å². The molecule has 0 amide bonds. The number of rotatable bonds is 10. The number of ether oxygens (including phenoxy) is 4. The summed E-state index contributed by atoms with van der Waals surface area (Å²) in [5.74, 6) is 2.57. The highest BCUT2D eigenvalue weighted by atomic mass is 19.1. The fraction of sp³-hybridized carbons (Fsp3) is 0.0952. The maximum atomic E-state index is 15.5. The van der Waals surface area contributed by atoms with Crippen molar-refractivity contribution in [2.24, 2.45) is 0 Å². The summed E-state index contributed by atoms with van der Waals surface area (Å²) < 4.78 is 36.9. The molecule has 0 aliphatic carbocycles. The number of hydrogen-bond donors (Lipinski definition) is 0. The summed E-state index contributed by atoms with van der Waals surface area (Å²) in [6.45, 7) is 20.2. The lowest BCUT2D eigenvalue weighted by Gasteiger charge is -2.13. The zero-order valence-corrected chi connectivity index (χ0v) is 28.5. The van der Waals surface area contributed by atoms with E-state index in [1.54, 1.807) is 48.5 Å². The average molecular weight is 685 g/mol. The molecule has 9 heteroatoms. The van der Waals surface area contributed by atoms with Crippen molar-refractivity contribution < 1.29 is 42.5 Å². The first-order chi connectivity index (χ1) is 24.1. The van der Waals surface area contributed by atoms with Crippen LogP contribution in [-0.2, 0) is 19.2 Å². The van der Waals surface area contributed by atoms with Crippen molar-refractivity contribution in [3.63, 3.8) is 0 Å². The van der Waals surface area contributed by atoms with Crippen molar-refractivity contribution in [3.05, 3.63) is 144 Å².